The number of alkyl carbamates (subject to hydrolysis) is 2. The minimum atomic E-state index is -0.821. The van der Waals surface area contributed by atoms with Crippen molar-refractivity contribution in [3.05, 3.63) is 12.7 Å². The Morgan fingerprint density at radius 2 is 1.10 bits per heavy atom. The second-order valence-corrected chi connectivity index (χ2v) is 19.1. The summed E-state index contributed by atoms with van der Waals surface area (Å²) in [6.45, 7) is 19.6. The first-order chi connectivity index (χ1) is 28.5. The highest BCUT2D eigenvalue weighted by atomic mass is 35.5. The van der Waals surface area contributed by atoms with Crippen molar-refractivity contribution in [2.75, 3.05) is 33.4 Å². The lowest BCUT2D eigenvalue weighted by molar-refractivity contribution is -0.150. The van der Waals surface area contributed by atoms with Gasteiger partial charge >= 0.3 is 30.1 Å². The molecule has 0 radical (unpaired) electrons. The summed E-state index contributed by atoms with van der Waals surface area (Å²) in [5.41, 5.74) is 4.18. The average Bonchev–Trinajstić information content (AvgIpc) is 3.21. The molecule has 0 bridgehead atoms. The zero-order valence-electron chi connectivity index (χ0n) is 40.0. The summed E-state index contributed by atoms with van der Waals surface area (Å²) in [4.78, 5) is 67.5. The van der Waals surface area contributed by atoms with Crippen LogP contribution < -0.4 is 16.4 Å². The number of methoxy groups -OCH3 is 1. The van der Waals surface area contributed by atoms with E-state index in [1.54, 1.807) is 20.8 Å². The zero-order valence-corrected chi connectivity index (χ0v) is 40.8. The molecule has 3 aliphatic carbocycles. The number of rotatable bonds is 16. The molecule has 5 N–H and O–H groups in total. The number of nitrogens with one attached hydrogen (secondary N) is 2. The van der Waals surface area contributed by atoms with Gasteiger partial charge in [-0.05, 0) is 130 Å². The van der Waals surface area contributed by atoms with Crippen LogP contribution in [0.4, 0.5) is 9.59 Å². The molecule has 0 spiro atoms. The predicted molar refractivity (Wildman–Crippen MR) is 246 cm³/mol. The summed E-state index contributed by atoms with van der Waals surface area (Å²) in [5, 5.41) is 14.8. The Kier molecular flexibility index (Phi) is 30.8. The van der Waals surface area contributed by atoms with Crippen molar-refractivity contribution in [1.82, 2.24) is 10.6 Å². The number of hydrogen-bond donors (Lipinski definition) is 4. The van der Waals surface area contributed by atoms with E-state index in [4.69, 9.17) is 19.9 Å². The number of allylic oxidation sites excluding steroid dienone is 1. The number of carboxylic acid groups (broad SMARTS) is 1. The van der Waals surface area contributed by atoms with Gasteiger partial charge in [0.25, 0.3) is 0 Å². The van der Waals surface area contributed by atoms with Crippen LogP contribution in [0.5, 0.6) is 0 Å². The van der Waals surface area contributed by atoms with Crippen LogP contribution in [0.1, 0.15) is 190 Å². The van der Waals surface area contributed by atoms with Crippen LogP contribution in [-0.4, -0.2) is 85.5 Å². The zero-order chi connectivity index (χ0) is 46.6. The van der Waals surface area contributed by atoms with Crippen LogP contribution in [0, 0.1) is 16.2 Å². The normalized spacial score (nSPS) is 17.3. The Bertz CT molecular complexity index is 1330. The summed E-state index contributed by atoms with van der Waals surface area (Å²) in [6, 6.07) is 0. The van der Waals surface area contributed by atoms with E-state index in [1.165, 1.54) is 58.6 Å². The van der Waals surface area contributed by atoms with E-state index >= 15 is 0 Å². The monoisotopic (exact) mass is 904 g/mol. The number of amides is 2. The predicted octanol–water partition coefficient (Wildman–Crippen LogP) is 10.2. The van der Waals surface area contributed by atoms with Gasteiger partial charge in [-0.1, -0.05) is 77.7 Å². The first kappa shape index (κ1) is 60.7. The fourth-order valence-corrected chi connectivity index (χ4v) is 7.74. The Morgan fingerprint density at radius 3 is 1.48 bits per heavy atom. The van der Waals surface area contributed by atoms with E-state index < -0.39 is 28.7 Å². The molecule has 362 valence electrons. The highest BCUT2D eigenvalue weighted by Crippen LogP contribution is 2.41. The van der Waals surface area contributed by atoms with E-state index in [9.17, 15) is 33.9 Å². The fourth-order valence-electron chi connectivity index (χ4n) is 7.74. The minimum absolute atomic E-state index is 0. The topological polar surface area (TPSA) is 210 Å². The number of ketones is 1. The van der Waals surface area contributed by atoms with Crippen molar-refractivity contribution >= 4 is 48.3 Å². The largest absolute Gasteiger partial charge is 0.481 e. The van der Waals surface area contributed by atoms with Crippen molar-refractivity contribution in [3.8, 4) is 0 Å². The molecule has 0 unspecified atom stereocenters. The highest BCUT2D eigenvalue weighted by Gasteiger charge is 2.40. The number of nitrogens with two attached hydrogens (primary N) is 1. The quantitative estimate of drug-likeness (QED) is 0.0494. The van der Waals surface area contributed by atoms with Crippen molar-refractivity contribution in [1.29, 1.82) is 0 Å². The summed E-state index contributed by atoms with van der Waals surface area (Å²) < 4.78 is 20.3. The third-order valence-electron chi connectivity index (χ3n) is 11.5. The van der Waals surface area contributed by atoms with Gasteiger partial charge < -0.3 is 40.4 Å². The van der Waals surface area contributed by atoms with E-state index in [1.807, 2.05) is 20.8 Å². The van der Waals surface area contributed by atoms with Crippen LogP contribution in [0.15, 0.2) is 12.7 Å². The number of carbonyl (C=O) groups excluding carboxylic acids is 5. The number of unbranched alkanes of at least 4 members (excludes halogenated alkanes) is 1. The fraction of sp³-hybridized carbons (Fsp3) is 0.830. The lowest BCUT2D eigenvalue weighted by Crippen LogP contribution is -2.45. The molecule has 0 heterocycles. The van der Waals surface area contributed by atoms with Gasteiger partial charge in [-0.25, -0.2) is 9.59 Å². The lowest BCUT2D eigenvalue weighted by Gasteiger charge is -2.37. The summed E-state index contributed by atoms with van der Waals surface area (Å²) >= 11 is 0. The second kappa shape index (κ2) is 31.5. The van der Waals surface area contributed by atoms with Crippen LogP contribution in [-0.2, 0) is 38.1 Å². The number of esters is 2. The molecule has 0 aromatic carbocycles. The first-order valence-corrected chi connectivity index (χ1v) is 22.7. The Morgan fingerprint density at radius 1 is 0.694 bits per heavy atom. The molecule has 0 aromatic rings. The summed E-state index contributed by atoms with van der Waals surface area (Å²) in [5.74, 6) is -1.03. The Balaban J connectivity index is 0. The van der Waals surface area contributed by atoms with E-state index in [-0.39, 0.29) is 53.6 Å². The first-order valence-electron chi connectivity index (χ1n) is 22.7. The van der Waals surface area contributed by atoms with E-state index in [0.29, 0.717) is 45.4 Å². The van der Waals surface area contributed by atoms with Gasteiger partial charge in [0.2, 0.25) is 0 Å². The number of aliphatic carboxylic acids is 1. The third kappa shape index (κ3) is 28.3. The number of ether oxygens (including phenoxy) is 4. The van der Waals surface area contributed by atoms with Crippen molar-refractivity contribution in [2.24, 2.45) is 22.0 Å². The minimum Gasteiger partial charge on any atom is -0.481 e. The van der Waals surface area contributed by atoms with Crippen LogP contribution in [0.2, 0.25) is 0 Å². The van der Waals surface area contributed by atoms with Gasteiger partial charge in [0.05, 0.1) is 19.1 Å². The van der Waals surface area contributed by atoms with Crippen LogP contribution in [0.25, 0.3) is 0 Å². The molecule has 0 aromatic heterocycles. The number of hydrogen-bond acceptors (Lipinski definition) is 11. The van der Waals surface area contributed by atoms with Crippen molar-refractivity contribution in [2.45, 2.75) is 201 Å². The molecule has 0 aliphatic heterocycles. The molecule has 0 atom stereocenters. The number of carboxylic acids is 1. The third-order valence-corrected chi connectivity index (χ3v) is 11.5. The molecule has 3 fully saturated rings. The standard InChI is InChI=1S/C19H35NO4.C13H23NO4.C11H21NO2.C4H6O.ClH/c1-5-6-14-23-16(21)10-13-19(11-8-7-9-12-19)15-20-17(22)24-18(2,3)4;1-12(2,3)18-11(17)14-9-13(10(15)16)7-5-4-6-8-13;1-14-10(13)5-8-11(9-12)6-3-2-4-7-11;1-3-4(2)5;/h5-15H2,1-4H3,(H,20,22);4-9H2,1-3H3,(H,14,17)(H,15,16);2-9,12H2,1H3;3H,1H2,2H3;1H. The van der Waals surface area contributed by atoms with Gasteiger partial charge in [-0.2, -0.15) is 0 Å². The molecule has 62 heavy (non-hydrogen) atoms. The Labute approximate surface area is 380 Å². The molecule has 3 rings (SSSR count). The molecular formula is C47H86ClN3O11. The maximum atomic E-state index is 11.9. The molecule has 14 nitrogen and oxygen atoms in total. The van der Waals surface area contributed by atoms with Gasteiger partial charge in [0.15, 0.2) is 5.78 Å². The molecule has 2 amide bonds. The maximum Gasteiger partial charge on any atom is 0.407 e. The number of halogens is 1. The molecule has 3 saturated carbocycles. The number of carbonyl (C=O) groups is 6. The highest BCUT2D eigenvalue weighted by molar-refractivity contribution is 5.86. The smallest absolute Gasteiger partial charge is 0.407 e. The van der Waals surface area contributed by atoms with Gasteiger partial charge in [-0.15, -0.1) is 12.4 Å². The van der Waals surface area contributed by atoms with Gasteiger partial charge in [0.1, 0.15) is 11.2 Å². The van der Waals surface area contributed by atoms with E-state index in [2.05, 4.69) is 28.9 Å². The summed E-state index contributed by atoms with van der Waals surface area (Å²) in [7, 11) is 1.44. The van der Waals surface area contributed by atoms with E-state index in [0.717, 1.165) is 70.6 Å². The van der Waals surface area contributed by atoms with Gasteiger partial charge in [-0.3, -0.25) is 19.2 Å². The SMILES string of the molecule is C=CC(C)=O.CC(C)(C)OC(=O)NCC1(C(=O)O)CCCCC1.CCCCOC(=O)CCC1(CNC(=O)OC(C)(C)C)CCCCC1.COC(=O)CCC1(CN)CCCCC1.Cl. The van der Waals surface area contributed by atoms with Crippen molar-refractivity contribution in [3.63, 3.8) is 0 Å². The van der Waals surface area contributed by atoms with Gasteiger partial charge in [0, 0.05) is 25.9 Å². The van der Waals surface area contributed by atoms with Crippen LogP contribution >= 0.6 is 12.4 Å². The second-order valence-electron chi connectivity index (χ2n) is 19.1. The maximum absolute atomic E-state index is 11.9. The summed E-state index contributed by atoms with van der Waals surface area (Å²) in [6.07, 6.45) is 20.9. The molecule has 0 saturated heterocycles. The Hall–Kier alpha value is -3.39. The average molecular weight is 905 g/mol. The van der Waals surface area contributed by atoms with Crippen LogP contribution in [0.3, 0.4) is 0 Å². The molecular weight excluding hydrogens is 818 g/mol. The van der Waals surface area contributed by atoms with Crippen molar-refractivity contribution < 1.29 is 52.8 Å². The lowest BCUT2D eigenvalue weighted by atomic mass is 9.71. The molecule has 15 heteroatoms. The molecule has 3 aliphatic rings.